The van der Waals surface area contributed by atoms with Crippen molar-refractivity contribution < 1.29 is 4.92 Å². The third-order valence-electron chi connectivity index (χ3n) is 1.82. The molecule has 1 rings (SSSR count). The van der Waals surface area contributed by atoms with Crippen LogP contribution in [0, 0.1) is 17.0 Å². The lowest BCUT2D eigenvalue weighted by atomic mass is 10.1. The van der Waals surface area contributed by atoms with Crippen molar-refractivity contribution >= 4 is 21.6 Å². The quantitative estimate of drug-likeness (QED) is 0.594. The van der Waals surface area contributed by atoms with Gasteiger partial charge in [0.15, 0.2) is 0 Å². The van der Waals surface area contributed by atoms with Gasteiger partial charge in [-0.05, 0) is 29.3 Å². The summed E-state index contributed by atoms with van der Waals surface area (Å²) in [6, 6.07) is 0. The minimum Gasteiger partial charge on any atom is -0.258 e. The topological polar surface area (TPSA) is 56.0 Å². The number of halogens is 1. The van der Waals surface area contributed by atoms with Crippen LogP contribution in [0.3, 0.4) is 0 Å². The molecule has 0 aliphatic carbocycles. The molecular weight excluding hydrogens is 236 g/mol. The van der Waals surface area contributed by atoms with Gasteiger partial charge in [0.1, 0.15) is 5.69 Å². The fourth-order valence-electron chi connectivity index (χ4n) is 1.20. The van der Waals surface area contributed by atoms with Gasteiger partial charge in [-0.3, -0.25) is 15.1 Å². The molecule has 1 aromatic heterocycles. The van der Waals surface area contributed by atoms with Crippen molar-refractivity contribution in [3.63, 3.8) is 0 Å². The molecule has 4 nitrogen and oxygen atoms in total. The van der Waals surface area contributed by atoms with E-state index in [9.17, 15) is 10.1 Å². The summed E-state index contributed by atoms with van der Waals surface area (Å²) in [6.07, 6.45) is 2.22. The van der Waals surface area contributed by atoms with Crippen molar-refractivity contribution in [3.05, 3.63) is 32.0 Å². The molecule has 5 heteroatoms. The number of rotatable bonds is 2. The molecule has 0 saturated carbocycles. The Hall–Kier alpha value is -0.970. The summed E-state index contributed by atoms with van der Waals surface area (Å²) in [5, 5.41) is 10.7. The fraction of sp³-hybridized carbons (Fsp3) is 0.375. The van der Waals surface area contributed by atoms with Crippen molar-refractivity contribution in [1.29, 1.82) is 0 Å². The first-order valence-corrected chi connectivity index (χ1v) is 4.65. The molecular formula is C8H9BrN2O2. The van der Waals surface area contributed by atoms with E-state index < -0.39 is 0 Å². The van der Waals surface area contributed by atoms with E-state index in [1.807, 2.05) is 6.92 Å². The van der Waals surface area contributed by atoms with Gasteiger partial charge >= 0.3 is 0 Å². The molecule has 0 atom stereocenters. The first-order valence-electron chi connectivity index (χ1n) is 3.86. The Bertz CT molecular complexity index is 352. The fourth-order valence-corrected chi connectivity index (χ4v) is 1.77. The molecule has 0 saturated heterocycles. The van der Waals surface area contributed by atoms with E-state index in [0.717, 1.165) is 0 Å². The average molecular weight is 245 g/mol. The average Bonchev–Trinajstić information content (AvgIpc) is 2.07. The molecule has 0 spiro atoms. The number of pyridine rings is 1. The third-order valence-corrected chi connectivity index (χ3v) is 2.51. The normalized spacial score (nSPS) is 10.1. The van der Waals surface area contributed by atoms with E-state index in [4.69, 9.17) is 0 Å². The van der Waals surface area contributed by atoms with Crippen molar-refractivity contribution in [2.45, 2.75) is 20.3 Å². The molecule has 0 aliphatic rings. The van der Waals surface area contributed by atoms with Crippen LogP contribution in [0.15, 0.2) is 10.7 Å². The van der Waals surface area contributed by atoms with Gasteiger partial charge in [-0.25, -0.2) is 0 Å². The maximum absolute atomic E-state index is 10.7. The molecule has 0 fully saturated rings. The highest BCUT2D eigenvalue weighted by atomic mass is 79.9. The molecule has 0 aliphatic heterocycles. The Balaban J connectivity index is 3.43. The van der Waals surface area contributed by atoms with E-state index in [1.54, 1.807) is 13.1 Å². The van der Waals surface area contributed by atoms with Crippen LogP contribution in [0.5, 0.6) is 0 Å². The van der Waals surface area contributed by atoms with Gasteiger partial charge < -0.3 is 0 Å². The first-order chi connectivity index (χ1) is 6.07. The van der Waals surface area contributed by atoms with E-state index in [-0.39, 0.29) is 10.6 Å². The monoisotopic (exact) mass is 244 g/mol. The predicted octanol–water partition coefficient (Wildman–Crippen LogP) is 2.62. The Morgan fingerprint density at radius 3 is 2.69 bits per heavy atom. The Morgan fingerprint density at radius 1 is 1.69 bits per heavy atom. The van der Waals surface area contributed by atoms with Gasteiger partial charge in [0.25, 0.3) is 5.69 Å². The number of nitro groups is 1. The molecule has 0 bridgehead atoms. The first kappa shape index (κ1) is 10.1. The Kier molecular flexibility index (Phi) is 2.98. The molecule has 70 valence electrons. The summed E-state index contributed by atoms with van der Waals surface area (Å²) in [5.41, 5.74) is 1.29. The summed E-state index contributed by atoms with van der Waals surface area (Å²) < 4.78 is 0.701. The van der Waals surface area contributed by atoms with Gasteiger partial charge in [0.2, 0.25) is 0 Å². The van der Waals surface area contributed by atoms with Gasteiger partial charge in [0.05, 0.1) is 4.92 Å². The maximum atomic E-state index is 10.7. The highest BCUT2D eigenvalue weighted by Crippen LogP contribution is 2.28. The maximum Gasteiger partial charge on any atom is 0.294 e. The van der Waals surface area contributed by atoms with Crippen LogP contribution in [0.2, 0.25) is 0 Å². The minimum absolute atomic E-state index is 0.122. The molecule has 0 amide bonds. The van der Waals surface area contributed by atoms with Crippen molar-refractivity contribution in [3.8, 4) is 0 Å². The van der Waals surface area contributed by atoms with Crippen LogP contribution in [0.1, 0.15) is 18.2 Å². The smallest absolute Gasteiger partial charge is 0.258 e. The number of hydrogen-bond donors (Lipinski definition) is 0. The lowest BCUT2D eigenvalue weighted by molar-refractivity contribution is -0.386. The number of hydrogen-bond acceptors (Lipinski definition) is 3. The van der Waals surface area contributed by atoms with Crippen molar-refractivity contribution in [2.75, 3.05) is 0 Å². The van der Waals surface area contributed by atoms with Gasteiger partial charge in [-0.1, -0.05) is 6.92 Å². The van der Waals surface area contributed by atoms with Crippen LogP contribution in [-0.4, -0.2) is 9.91 Å². The summed E-state index contributed by atoms with van der Waals surface area (Å²) in [5.74, 6) is 0. The van der Waals surface area contributed by atoms with Gasteiger partial charge in [-0.15, -0.1) is 0 Å². The van der Waals surface area contributed by atoms with E-state index >= 15 is 0 Å². The summed E-state index contributed by atoms with van der Waals surface area (Å²) >= 11 is 3.24. The van der Waals surface area contributed by atoms with Gasteiger partial charge in [0, 0.05) is 16.2 Å². The van der Waals surface area contributed by atoms with Crippen LogP contribution in [0.4, 0.5) is 5.69 Å². The Labute approximate surface area is 84.3 Å². The molecule has 13 heavy (non-hydrogen) atoms. The highest BCUT2D eigenvalue weighted by molar-refractivity contribution is 9.10. The van der Waals surface area contributed by atoms with Gasteiger partial charge in [-0.2, -0.15) is 0 Å². The molecule has 1 heterocycles. The summed E-state index contributed by atoms with van der Waals surface area (Å²) in [6.45, 7) is 3.52. The highest BCUT2D eigenvalue weighted by Gasteiger charge is 2.19. The Morgan fingerprint density at radius 2 is 2.31 bits per heavy atom. The van der Waals surface area contributed by atoms with Crippen LogP contribution in [0.25, 0.3) is 0 Å². The zero-order valence-corrected chi connectivity index (χ0v) is 8.96. The second-order valence-electron chi connectivity index (χ2n) is 2.63. The zero-order valence-electron chi connectivity index (χ0n) is 7.37. The second-order valence-corrected chi connectivity index (χ2v) is 3.48. The second kappa shape index (κ2) is 3.83. The van der Waals surface area contributed by atoms with Crippen LogP contribution < -0.4 is 0 Å². The zero-order chi connectivity index (χ0) is 10.0. The number of aromatic nitrogens is 1. The van der Waals surface area contributed by atoms with E-state index in [0.29, 0.717) is 22.2 Å². The largest absolute Gasteiger partial charge is 0.294 e. The van der Waals surface area contributed by atoms with Crippen LogP contribution >= 0.6 is 15.9 Å². The van der Waals surface area contributed by atoms with E-state index in [2.05, 4.69) is 20.9 Å². The molecule has 1 aromatic rings. The molecule has 0 N–H and O–H groups in total. The predicted molar refractivity (Wildman–Crippen MR) is 52.7 cm³/mol. The number of aryl methyl sites for hydroxylation is 1. The SMILES string of the molecule is CCc1c(Br)cnc(C)c1[N+](=O)[O-]. The summed E-state index contributed by atoms with van der Waals surface area (Å²) in [4.78, 5) is 14.2. The molecule has 0 aromatic carbocycles. The lowest BCUT2D eigenvalue weighted by Gasteiger charge is -2.03. The van der Waals surface area contributed by atoms with Crippen LogP contribution in [-0.2, 0) is 6.42 Å². The summed E-state index contributed by atoms with van der Waals surface area (Å²) in [7, 11) is 0. The minimum atomic E-state index is -0.383. The number of nitrogens with zero attached hydrogens (tertiary/aromatic N) is 2. The lowest BCUT2D eigenvalue weighted by Crippen LogP contribution is -2.00. The molecule has 0 unspecified atom stereocenters. The third kappa shape index (κ3) is 1.85. The molecule has 0 radical (unpaired) electrons. The van der Waals surface area contributed by atoms with E-state index in [1.165, 1.54) is 0 Å². The van der Waals surface area contributed by atoms with Crippen molar-refractivity contribution in [1.82, 2.24) is 4.98 Å². The van der Waals surface area contributed by atoms with Crippen molar-refractivity contribution in [2.24, 2.45) is 0 Å². The standard InChI is InChI=1S/C8H9BrN2O2/c1-3-6-7(9)4-10-5(2)8(6)11(12)13/h4H,3H2,1-2H3.